The number of hydrogen-bond donors (Lipinski definition) is 0. The van der Waals surface area contributed by atoms with Crippen molar-refractivity contribution in [3.05, 3.63) is 100 Å². The molecule has 0 radical (unpaired) electrons. The van der Waals surface area contributed by atoms with Crippen molar-refractivity contribution in [3.8, 4) is 5.75 Å². The van der Waals surface area contributed by atoms with Crippen molar-refractivity contribution in [2.24, 2.45) is 0 Å². The maximum Gasteiger partial charge on any atom is 0.125 e. The number of aryl methyl sites for hydroxylation is 1. The van der Waals surface area contributed by atoms with Crippen LogP contribution in [0, 0.1) is 6.92 Å². The number of rotatable bonds is 9. The SMILES string of the molecule is Cc1cc(OC(CCN2CCN(Cc3ccccc3)CC2)c2cccc(Cl)c2)ccc1C(C)C. The molecule has 1 saturated heterocycles. The minimum atomic E-state index is -0.0228. The van der Waals surface area contributed by atoms with Gasteiger partial charge in [0.25, 0.3) is 0 Å². The lowest BCUT2D eigenvalue weighted by Gasteiger charge is -2.35. The normalized spacial score (nSPS) is 16.0. The lowest BCUT2D eigenvalue weighted by molar-refractivity contribution is 0.107. The van der Waals surface area contributed by atoms with E-state index in [0.717, 1.165) is 62.0 Å². The second kappa shape index (κ2) is 11.9. The summed E-state index contributed by atoms with van der Waals surface area (Å²) in [5, 5.41) is 0.756. The first-order valence-corrected chi connectivity index (χ1v) is 12.9. The van der Waals surface area contributed by atoms with Crippen LogP contribution >= 0.6 is 11.6 Å². The van der Waals surface area contributed by atoms with Crippen molar-refractivity contribution in [3.63, 3.8) is 0 Å². The third-order valence-electron chi connectivity index (χ3n) is 6.78. The highest BCUT2D eigenvalue weighted by Gasteiger charge is 2.20. The molecule has 3 nitrogen and oxygen atoms in total. The third kappa shape index (κ3) is 6.85. The Morgan fingerprint density at radius 3 is 2.26 bits per heavy atom. The summed E-state index contributed by atoms with van der Waals surface area (Å²) in [4.78, 5) is 5.12. The van der Waals surface area contributed by atoms with E-state index in [4.69, 9.17) is 16.3 Å². The van der Waals surface area contributed by atoms with E-state index in [1.165, 1.54) is 16.7 Å². The molecule has 0 saturated carbocycles. The number of halogens is 1. The smallest absolute Gasteiger partial charge is 0.125 e. The molecule has 34 heavy (non-hydrogen) atoms. The van der Waals surface area contributed by atoms with Gasteiger partial charge in [-0.05, 0) is 59.4 Å². The molecule has 3 aromatic rings. The Labute approximate surface area is 210 Å². The van der Waals surface area contributed by atoms with Gasteiger partial charge >= 0.3 is 0 Å². The van der Waals surface area contributed by atoms with E-state index in [1.807, 2.05) is 18.2 Å². The zero-order valence-electron chi connectivity index (χ0n) is 20.7. The minimum absolute atomic E-state index is 0.0228. The molecule has 0 bridgehead atoms. The molecule has 1 atom stereocenters. The lowest BCUT2D eigenvalue weighted by Crippen LogP contribution is -2.46. The first kappa shape index (κ1) is 24.8. The van der Waals surface area contributed by atoms with Gasteiger partial charge in [-0.2, -0.15) is 0 Å². The van der Waals surface area contributed by atoms with Gasteiger partial charge in [0.1, 0.15) is 11.9 Å². The fourth-order valence-electron chi connectivity index (χ4n) is 4.85. The molecule has 3 aromatic carbocycles. The highest BCUT2D eigenvalue weighted by Crippen LogP contribution is 2.30. The largest absolute Gasteiger partial charge is 0.486 e. The summed E-state index contributed by atoms with van der Waals surface area (Å²) in [5.74, 6) is 1.44. The van der Waals surface area contributed by atoms with Crippen LogP contribution in [-0.4, -0.2) is 42.5 Å². The van der Waals surface area contributed by atoms with Gasteiger partial charge in [-0.25, -0.2) is 0 Å². The van der Waals surface area contributed by atoms with Gasteiger partial charge in [0, 0.05) is 50.7 Å². The summed E-state index contributed by atoms with van der Waals surface area (Å²) in [5.41, 5.74) is 5.19. The van der Waals surface area contributed by atoms with Crippen LogP contribution in [0.25, 0.3) is 0 Å². The maximum absolute atomic E-state index is 6.57. The van der Waals surface area contributed by atoms with E-state index in [-0.39, 0.29) is 6.10 Å². The van der Waals surface area contributed by atoms with Crippen molar-refractivity contribution in [1.29, 1.82) is 0 Å². The fraction of sp³-hybridized carbons (Fsp3) is 0.400. The summed E-state index contributed by atoms with van der Waals surface area (Å²) in [7, 11) is 0. The lowest BCUT2D eigenvalue weighted by atomic mass is 9.98. The zero-order valence-corrected chi connectivity index (χ0v) is 21.5. The number of ether oxygens (including phenoxy) is 1. The summed E-state index contributed by atoms with van der Waals surface area (Å²) >= 11 is 6.33. The molecule has 0 aliphatic carbocycles. The zero-order chi connectivity index (χ0) is 23.9. The fourth-order valence-corrected chi connectivity index (χ4v) is 5.05. The predicted molar refractivity (Wildman–Crippen MR) is 143 cm³/mol. The van der Waals surface area contributed by atoms with Gasteiger partial charge < -0.3 is 9.64 Å². The van der Waals surface area contributed by atoms with E-state index in [1.54, 1.807) is 0 Å². The summed E-state index contributed by atoms with van der Waals surface area (Å²) in [6, 6.07) is 25.4. The summed E-state index contributed by atoms with van der Waals surface area (Å²) in [6.07, 6.45) is 0.912. The highest BCUT2D eigenvalue weighted by atomic mass is 35.5. The second-order valence-electron chi connectivity index (χ2n) is 9.73. The van der Waals surface area contributed by atoms with Crippen LogP contribution in [0.3, 0.4) is 0 Å². The molecule has 1 unspecified atom stereocenters. The van der Waals surface area contributed by atoms with Gasteiger partial charge in [0.05, 0.1) is 0 Å². The Balaban J connectivity index is 1.37. The summed E-state index contributed by atoms with van der Waals surface area (Å²) < 4.78 is 6.57. The Morgan fingerprint density at radius 1 is 0.853 bits per heavy atom. The molecule has 1 aliphatic heterocycles. The van der Waals surface area contributed by atoms with Crippen LogP contribution in [0.2, 0.25) is 5.02 Å². The minimum Gasteiger partial charge on any atom is -0.486 e. The first-order valence-electron chi connectivity index (χ1n) is 12.5. The molecule has 0 N–H and O–H groups in total. The number of piperazine rings is 1. The van der Waals surface area contributed by atoms with Gasteiger partial charge in [-0.3, -0.25) is 4.90 Å². The Kier molecular flexibility index (Phi) is 8.66. The Hall–Kier alpha value is -2.33. The molecular weight excluding hydrogens is 440 g/mol. The van der Waals surface area contributed by atoms with Crippen LogP contribution < -0.4 is 4.74 Å². The average Bonchev–Trinajstić information content (AvgIpc) is 2.83. The van der Waals surface area contributed by atoms with Gasteiger partial charge in [0.2, 0.25) is 0 Å². The van der Waals surface area contributed by atoms with E-state index >= 15 is 0 Å². The highest BCUT2D eigenvalue weighted by molar-refractivity contribution is 6.30. The van der Waals surface area contributed by atoms with E-state index in [9.17, 15) is 0 Å². The molecule has 1 heterocycles. The van der Waals surface area contributed by atoms with E-state index < -0.39 is 0 Å². The molecule has 1 aliphatic rings. The van der Waals surface area contributed by atoms with Crippen molar-refractivity contribution in [2.45, 2.75) is 45.8 Å². The van der Waals surface area contributed by atoms with E-state index in [2.05, 4.69) is 85.2 Å². The molecule has 0 spiro atoms. The number of nitrogens with zero attached hydrogens (tertiary/aromatic N) is 2. The first-order chi connectivity index (χ1) is 16.5. The number of hydrogen-bond acceptors (Lipinski definition) is 3. The number of benzene rings is 3. The van der Waals surface area contributed by atoms with Crippen molar-refractivity contribution < 1.29 is 4.74 Å². The molecule has 4 heteroatoms. The molecule has 0 aromatic heterocycles. The van der Waals surface area contributed by atoms with Crippen molar-refractivity contribution in [2.75, 3.05) is 32.7 Å². The van der Waals surface area contributed by atoms with Gasteiger partial charge in [-0.15, -0.1) is 0 Å². The van der Waals surface area contributed by atoms with Gasteiger partial charge in [-0.1, -0.05) is 74.0 Å². The van der Waals surface area contributed by atoms with Crippen molar-refractivity contribution >= 4 is 11.6 Å². The van der Waals surface area contributed by atoms with Crippen molar-refractivity contribution in [1.82, 2.24) is 9.80 Å². The Morgan fingerprint density at radius 2 is 1.59 bits per heavy atom. The monoisotopic (exact) mass is 476 g/mol. The quantitative estimate of drug-likeness (QED) is 0.327. The molecule has 0 amide bonds. The Bertz CT molecular complexity index is 1040. The maximum atomic E-state index is 6.57. The van der Waals surface area contributed by atoms with Crippen LogP contribution in [0.4, 0.5) is 0 Å². The van der Waals surface area contributed by atoms with Gasteiger partial charge in [0.15, 0.2) is 0 Å². The third-order valence-corrected chi connectivity index (χ3v) is 7.02. The molecule has 180 valence electrons. The van der Waals surface area contributed by atoms with Crippen LogP contribution in [0.1, 0.15) is 54.5 Å². The van der Waals surface area contributed by atoms with Crippen LogP contribution in [-0.2, 0) is 6.54 Å². The molecule has 4 rings (SSSR count). The topological polar surface area (TPSA) is 15.7 Å². The van der Waals surface area contributed by atoms with Crippen LogP contribution in [0.5, 0.6) is 5.75 Å². The standard InChI is InChI=1S/C30H37ClN2O/c1-23(2)29-13-12-28(20-24(29)3)34-30(26-10-7-11-27(31)21-26)14-15-32-16-18-33(19-17-32)22-25-8-5-4-6-9-25/h4-13,20-21,23,30H,14-19,22H2,1-3H3. The molecular formula is C30H37ClN2O. The van der Waals surface area contributed by atoms with E-state index in [0.29, 0.717) is 5.92 Å². The van der Waals surface area contributed by atoms with Crippen LogP contribution in [0.15, 0.2) is 72.8 Å². The predicted octanol–water partition coefficient (Wildman–Crippen LogP) is 7.10. The molecule has 1 fully saturated rings. The average molecular weight is 477 g/mol. The summed E-state index contributed by atoms with van der Waals surface area (Å²) in [6.45, 7) is 13.1. The second-order valence-corrected chi connectivity index (χ2v) is 10.2.